The normalized spacial score (nSPS) is 12.7. The second-order valence-corrected chi connectivity index (χ2v) is 6.14. The highest BCUT2D eigenvalue weighted by Crippen LogP contribution is 2.12. The molecule has 122 valence electrons. The van der Waals surface area contributed by atoms with Crippen LogP contribution in [0.2, 0.25) is 0 Å². The Hall–Kier alpha value is -2.17. The molecule has 1 amide bonds. The van der Waals surface area contributed by atoms with Crippen molar-refractivity contribution in [2.45, 2.75) is 32.0 Å². The number of carbonyl (C=O) groups excluding carboxylic acids is 1. The molecule has 3 N–H and O–H groups in total. The first kappa shape index (κ1) is 17.2. The Morgan fingerprint density at radius 3 is 2.22 bits per heavy atom. The van der Waals surface area contributed by atoms with Crippen molar-refractivity contribution >= 4 is 5.91 Å². The van der Waals surface area contributed by atoms with Crippen molar-refractivity contribution < 1.29 is 9.90 Å². The third kappa shape index (κ3) is 5.85. The fourth-order valence-corrected chi connectivity index (χ4v) is 2.36. The largest absolute Gasteiger partial charge is 0.387 e. The van der Waals surface area contributed by atoms with Crippen molar-refractivity contribution in [1.29, 1.82) is 0 Å². The first-order chi connectivity index (χ1) is 11.0. The molecule has 0 bridgehead atoms. The highest BCUT2D eigenvalue weighted by molar-refractivity contribution is 5.79. The lowest BCUT2D eigenvalue weighted by Crippen LogP contribution is -2.55. The van der Waals surface area contributed by atoms with Gasteiger partial charge < -0.3 is 10.4 Å². The van der Waals surface area contributed by atoms with Crippen LogP contribution in [-0.4, -0.2) is 23.2 Å². The Labute approximate surface area is 137 Å². The number of rotatable bonds is 7. The van der Waals surface area contributed by atoms with Crippen molar-refractivity contribution in [3.8, 4) is 0 Å². The first-order valence-corrected chi connectivity index (χ1v) is 7.79. The summed E-state index contributed by atoms with van der Waals surface area (Å²) in [5.74, 6) is -0.0529. The molecular weight excluding hydrogens is 288 g/mol. The smallest absolute Gasteiger partial charge is 0.225 e. The molecule has 4 heteroatoms. The summed E-state index contributed by atoms with van der Waals surface area (Å²) in [4.78, 5) is 12.1. The lowest BCUT2D eigenvalue weighted by atomic mass is 10.1. The van der Waals surface area contributed by atoms with Gasteiger partial charge in [-0.2, -0.15) is 0 Å². The zero-order valence-electron chi connectivity index (χ0n) is 13.6. The third-order valence-corrected chi connectivity index (χ3v) is 3.58. The number of amides is 1. The molecule has 0 aliphatic heterocycles. The van der Waals surface area contributed by atoms with Gasteiger partial charge in [-0.1, -0.05) is 60.7 Å². The minimum absolute atomic E-state index is 0.0529. The molecule has 1 unspecified atom stereocenters. The van der Waals surface area contributed by atoms with Crippen LogP contribution in [0.4, 0.5) is 0 Å². The Kier molecular flexibility index (Phi) is 5.90. The second-order valence-electron chi connectivity index (χ2n) is 6.14. The summed E-state index contributed by atoms with van der Waals surface area (Å²) < 4.78 is 0. The standard InChI is InChI=1S/C19H24N2O2/c1-19(2,20-14-17(22)16-11-7-4-8-12-16)21-18(23)13-15-9-5-3-6-10-15/h3-12,17,20,22H,13-14H2,1-2H3,(H,21,23). The number of carbonyl (C=O) groups is 1. The summed E-state index contributed by atoms with van der Waals surface area (Å²) in [6, 6.07) is 19.1. The molecule has 0 spiro atoms. The lowest BCUT2D eigenvalue weighted by molar-refractivity contribution is -0.122. The average molecular weight is 312 g/mol. The summed E-state index contributed by atoms with van der Waals surface area (Å²) in [6.45, 7) is 4.13. The zero-order chi connectivity index (χ0) is 16.7. The van der Waals surface area contributed by atoms with E-state index in [0.29, 0.717) is 13.0 Å². The molecule has 0 saturated carbocycles. The van der Waals surface area contributed by atoms with E-state index in [2.05, 4.69) is 10.6 Å². The van der Waals surface area contributed by atoms with Crippen molar-refractivity contribution in [3.05, 3.63) is 71.8 Å². The van der Waals surface area contributed by atoms with Gasteiger partial charge in [-0.15, -0.1) is 0 Å². The van der Waals surface area contributed by atoms with Gasteiger partial charge in [0.15, 0.2) is 0 Å². The number of nitrogens with one attached hydrogen (secondary N) is 2. The molecule has 0 heterocycles. The van der Waals surface area contributed by atoms with E-state index in [4.69, 9.17) is 0 Å². The zero-order valence-corrected chi connectivity index (χ0v) is 13.6. The topological polar surface area (TPSA) is 61.4 Å². The Morgan fingerprint density at radius 1 is 1.04 bits per heavy atom. The fraction of sp³-hybridized carbons (Fsp3) is 0.316. The van der Waals surface area contributed by atoms with Crippen molar-refractivity contribution in [1.82, 2.24) is 10.6 Å². The molecule has 23 heavy (non-hydrogen) atoms. The van der Waals surface area contributed by atoms with Gasteiger partial charge in [-0.25, -0.2) is 0 Å². The van der Waals surface area contributed by atoms with Gasteiger partial charge in [0, 0.05) is 6.54 Å². The summed E-state index contributed by atoms with van der Waals surface area (Å²) in [7, 11) is 0. The van der Waals surface area contributed by atoms with Crippen molar-refractivity contribution in [3.63, 3.8) is 0 Å². The summed E-state index contributed by atoms with van der Waals surface area (Å²) in [5, 5.41) is 16.3. The van der Waals surface area contributed by atoms with Gasteiger partial charge in [0.05, 0.1) is 18.2 Å². The van der Waals surface area contributed by atoms with Crippen LogP contribution in [0, 0.1) is 0 Å². The quantitative estimate of drug-likeness (QED) is 0.688. The van der Waals surface area contributed by atoms with E-state index in [0.717, 1.165) is 11.1 Å². The first-order valence-electron chi connectivity index (χ1n) is 7.79. The molecular formula is C19H24N2O2. The Morgan fingerprint density at radius 2 is 1.61 bits per heavy atom. The van der Waals surface area contributed by atoms with E-state index in [1.807, 2.05) is 74.5 Å². The minimum Gasteiger partial charge on any atom is -0.387 e. The predicted molar refractivity (Wildman–Crippen MR) is 91.8 cm³/mol. The summed E-state index contributed by atoms with van der Waals surface area (Å²) in [6.07, 6.45) is -0.269. The number of aliphatic hydroxyl groups excluding tert-OH is 1. The second kappa shape index (κ2) is 7.90. The van der Waals surface area contributed by atoms with Gasteiger partial charge in [0.1, 0.15) is 0 Å². The maximum Gasteiger partial charge on any atom is 0.225 e. The molecule has 0 radical (unpaired) electrons. The van der Waals surface area contributed by atoms with Crippen LogP contribution in [0.15, 0.2) is 60.7 Å². The molecule has 0 aliphatic rings. The van der Waals surface area contributed by atoms with E-state index < -0.39 is 11.8 Å². The van der Waals surface area contributed by atoms with Crippen LogP contribution < -0.4 is 10.6 Å². The Bertz CT molecular complexity index is 612. The highest BCUT2D eigenvalue weighted by atomic mass is 16.3. The number of aliphatic hydroxyl groups is 1. The van der Waals surface area contributed by atoms with Crippen LogP contribution in [-0.2, 0) is 11.2 Å². The SMILES string of the molecule is CC(C)(NCC(O)c1ccccc1)NC(=O)Cc1ccccc1. The summed E-state index contributed by atoms with van der Waals surface area (Å²) >= 11 is 0. The van der Waals surface area contributed by atoms with Crippen LogP contribution in [0.3, 0.4) is 0 Å². The van der Waals surface area contributed by atoms with Gasteiger partial charge in [-0.3, -0.25) is 10.1 Å². The molecule has 2 rings (SSSR count). The van der Waals surface area contributed by atoms with Crippen LogP contribution in [0.25, 0.3) is 0 Å². The van der Waals surface area contributed by atoms with E-state index in [-0.39, 0.29) is 5.91 Å². The van der Waals surface area contributed by atoms with Gasteiger partial charge in [-0.05, 0) is 25.0 Å². The highest BCUT2D eigenvalue weighted by Gasteiger charge is 2.21. The number of hydrogen-bond acceptors (Lipinski definition) is 3. The van der Waals surface area contributed by atoms with Crippen molar-refractivity contribution in [2.24, 2.45) is 0 Å². The number of benzene rings is 2. The monoisotopic (exact) mass is 312 g/mol. The number of hydrogen-bond donors (Lipinski definition) is 3. The van der Waals surface area contributed by atoms with Crippen LogP contribution in [0.1, 0.15) is 31.1 Å². The van der Waals surface area contributed by atoms with Crippen LogP contribution >= 0.6 is 0 Å². The fourth-order valence-electron chi connectivity index (χ4n) is 2.36. The molecule has 1 atom stereocenters. The van der Waals surface area contributed by atoms with E-state index in [1.165, 1.54) is 0 Å². The molecule has 2 aromatic rings. The molecule has 4 nitrogen and oxygen atoms in total. The molecule has 0 saturated heterocycles. The molecule has 0 aliphatic carbocycles. The van der Waals surface area contributed by atoms with Gasteiger partial charge in [0.2, 0.25) is 5.91 Å². The predicted octanol–water partition coefficient (Wildman–Crippen LogP) is 2.40. The van der Waals surface area contributed by atoms with E-state index in [1.54, 1.807) is 0 Å². The minimum atomic E-state index is -0.610. The third-order valence-electron chi connectivity index (χ3n) is 3.58. The molecule has 0 fully saturated rings. The van der Waals surface area contributed by atoms with Gasteiger partial charge >= 0.3 is 0 Å². The van der Waals surface area contributed by atoms with E-state index in [9.17, 15) is 9.90 Å². The average Bonchev–Trinajstić information content (AvgIpc) is 2.54. The lowest BCUT2D eigenvalue weighted by Gasteiger charge is -2.29. The maximum absolute atomic E-state index is 12.1. The summed E-state index contributed by atoms with van der Waals surface area (Å²) in [5.41, 5.74) is 1.23. The Balaban J connectivity index is 1.83. The molecule has 0 aromatic heterocycles. The molecule has 2 aromatic carbocycles. The van der Waals surface area contributed by atoms with Crippen LogP contribution in [0.5, 0.6) is 0 Å². The van der Waals surface area contributed by atoms with Crippen molar-refractivity contribution in [2.75, 3.05) is 6.54 Å². The van der Waals surface area contributed by atoms with E-state index >= 15 is 0 Å². The van der Waals surface area contributed by atoms with Gasteiger partial charge in [0.25, 0.3) is 0 Å². The maximum atomic E-state index is 12.1.